The van der Waals surface area contributed by atoms with Crippen molar-refractivity contribution in [3.63, 3.8) is 0 Å². The van der Waals surface area contributed by atoms with Crippen LogP contribution >= 0.6 is 0 Å². The van der Waals surface area contributed by atoms with Gasteiger partial charge in [-0.2, -0.15) is 0 Å². The predicted molar refractivity (Wildman–Crippen MR) is 111 cm³/mol. The molecule has 3 heteroatoms. The zero-order valence-corrected chi connectivity index (χ0v) is 17.9. The molecule has 0 atom stereocenters. The zero-order chi connectivity index (χ0) is 18.1. The molecule has 0 radical (unpaired) electrons. The van der Waals surface area contributed by atoms with Crippen LogP contribution in [0.15, 0.2) is 58.5 Å². The van der Waals surface area contributed by atoms with Gasteiger partial charge in [-0.15, -0.1) is 0 Å². The van der Waals surface area contributed by atoms with Gasteiger partial charge in [0.05, 0.1) is 22.8 Å². The topological polar surface area (TPSA) is 24.7 Å². The molecule has 142 valence electrons. The van der Waals surface area contributed by atoms with Gasteiger partial charge in [0.15, 0.2) is 0 Å². The number of unbranched alkanes of at least 4 members (excludes halogenated alkanes) is 1. The summed E-state index contributed by atoms with van der Waals surface area (Å²) in [4.78, 5) is 9.77. The first-order valence-corrected chi connectivity index (χ1v) is 9.47. The Kier molecular flexibility index (Phi) is 10.3. The fraction of sp³-hybridized carbons (Fsp3) is 0.391. The van der Waals surface area contributed by atoms with Crippen LogP contribution in [0.4, 0.5) is 11.4 Å². The van der Waals surface area contributed by atoms with Crippen LogP contribution in [0.25, 0.3) is 0 Å². The number of benzene rings is 2. The van der Waals surface area contributed by atoms with Crippen molar-refractivity contribution in [2.75, 3.05) is 0 Å². The van der Waals surface area contributed by atoms with Gasteiger partial charge in [-0.3, -0.25) is 9.98 Å². The molecule has 0 heterocycles. The van der Waals surface area contributed by atoms with Gasteiger partial charge in [0.1, 0.15) is 0 Å². The van der Waals surface area contributed by atoms with Crippen molar-refractivity contribution < 1.29 is 20.4 Å². The van der Waals surface area contributed by atoms with Gasteiger partial charge < -0.3 is 0 Å². The second kappa shape index (κ2) is 11.9. The maximum Gasteiger partial charge on any atom is 0.0636 e. The maximum atomic E-state index is 4.93. The smallest absolute Gasteiger partial charge is 0.0636 e. The van der Waals surface area contributed by atoms with Gasteiger partial charge >= 0.3 is 0 Å². The van der Waals surface area contributed by atoms with Gasteiger partial charge in [0.25, 0.3) is 0 Å². The molecule has 0 aliphatic carbocycles. The summed E-state index contributed by atoms with van der Waals surface area (Å²) in [5, 5.41) is 0. The minimum absolute atomic E-state index is 0. The second-order valence-corrected chi connectivity index (χ2v) is 6.41. The average molecular weight is 441 g/mol. The van der Waals surface area contributed by atoms with Crippen LogP contribution in [-0.4, -0.2) is 11.4 Å². The quantitative estimate of drug-likeness (QED) is 0.316. The van der Waals surface area contributed by atoms with Gasteiger partial charge in [-0.1, -0.05) is 51.5 Å². The van der Waals surface area contributed by atoms with Crippen LogP contribution in [0.5, 0.6) is 0 Å². The van der Waals surface area contributed by atoms with Crippen molar-refractivity contribution in [3.05, 3.63) is 59.7 Å². The largest absolute Gasteiger partial charge is 0.252 e. The van der Waals surface area contributed by atoms with Crippen molar-refractivity contribution in [3.8, 4) is 0 Å². The molecule has 0 saturated heterocycles. The molecule has 0 saturated carbocycles. The van der Waals surface area contributed by atoms with Crippen LogP contribution in [-0.2, 0) is 33.3 Å². The Labute approximate surface area is 172 Å². The summed E-state index contributed by atoms with van der Waals surface area (Å²) >= 11 is 0. The van der Waals surface area contributed by atoms with E-state index in [9.17, 15) is 0 Å². The third kappa shape index (κ3) is 6.98. The average Bonchev–Trinajstić information content (AvgIpc) is 2.65. The predicted octanol–water partition coefficient (Wildman–Crippen LogP) is 6.86. The summed E-state index contributed by atoms with van der Waals surface area (Å²) < 4.78 is 0. The van der Waals surface area contributed by atoms with Crippen LogP contribution in [0.3, 0.4) is 0 Å². The zero-order valence-electron chi connectivity index (χ0n) is 16.4. The summed E-state index contributed by atoms with van der Waals surface area (Å²) in [6.45, 7) is 8.64. The monoisotopic (exact) mass is 440 g/mol. The second-order valence-electron chi connectivity index (χ2n) is 6.41. The number of hydrogen-bond donors (Lipinski definition) is 0. The molecule has 0 aliphatic rings. The van der Waals surface area contributed by atoms with Gasteiger partial charge in [0.2, 0.25) is 0 Å². The number of aliphatic imine (C=N–C) groups is 2. The fourth-order valence-corrected chi connectivity index (χ4v) is 2.77. The van der Waals surface area contributed by atoms with Gasteiger partial charge in [-0.05, 0) is 68.0 Å². The summed E-state index contributed by atoms with van der Waals surface area (Å²) in [6.07, 6.45) is 5.32. The molecule has 2 nitrogen and oxygen atoms in total. The van der Waals surface area contributed by atoms with Crippen molar-refractivity contribution in [2.45, 2.75) is 59.8 Å². The van der Waals surface area contributed by atoms with Crippen molar-refractivity contribution >= 4 is 22.8 Å². The van der Waals surface area contributed by atoms with Crippen molar-refractivity contribution in [1.29, 1.82) is 0 Å². The molecule has 0 aliphatic heterocycles. The summed E-state index contributed by atoms with van der Waals surface area (Å²) in [6, 6.07) is 17.0. The van der Waals surface area contributed by atoms with Gasteiger partial charge in [-0.25, -0.2) is 0 Å². The molecule has 0 spiro atoms. The molecule has 2 rings (SSSR count). The fourth-order valence-electron chi connectivity index (χ4n) is 2.77. The molecule has 2 aromatic rings. The minimum atomic E-state index is 0. The van der Waals surface area contributed by atoms with Crippen LogP contribution in [0.2, 0.25) is 0 Å². The third-order valence-electron chi connectivity index (χ3n) is 4.38. The van der Waals surface area contributed by atoms with E-state index < -0.39 is 0 Å². The normalized spacial score (nSPS) is 12.0. The molecule has 26 heavy (non-hydrogen) atoms. The van der Waals surface area contributed by atoms with E-state index in [1.807, 2.05) is 0 Å². The number of rotatable bonds is 8. The first kappa shape index (κ1) is 22.5. The Bertz CT molecular complexity index is 747. The minimum Gasteiger partial charge on any atom is -0.252 e. The van der Waals surface area contributed by atoms with E-state index in [0.29, 0.717) is 0 Å². The molecule has 0 unspecified atom stereocenters. The van der Waals surface area contributed by atoms with Crippen LogP contribution < -0.4 is 0 Å². The van der Waals surface area contributed by atoms with E-state index in [0.717, 1.165) is 54.9 Å². The Morgan fingerprint density at radius 1 is 0.808 bits per heavy atom. The van der Waals surface area contributed by atoms with Crippen LogP contribution in [0.1, 0.15) is 58.1 Å². The maximum absolute atomic E-state index is 4.93. The standard InChI is InChI=1S/C23H30N2.Pd/c1-5-8-15-23(25-22-14-10-12-20(7-3)17-22)18(4)24-21-13-9-11-19(6-2)16-21;/h9-14,16-17H,5-8,15H2,1-4H3;/b24-18+,25-23+;. The Balaban J connectivity index is 0.00000338. The molecule has 0 bridgehead atoms. The van der Waals surface area contributed by atoms with E-state index in [1.165, 1.54) is 11.1 Å². The molecule has 0 N–H and O–H groups in total. The van der Waals surface area contributed by atoms with E-state index in [1.54, 1.807) is 0 Å². The molecule has 0 aromatic heterocycles. The summed E-state index contributed by atoms with van der Waals surface area (Å²) in [7, 11) is 0. The Morgan fingerprint density at radius 2 is 1.35 bits per heavy atom. The molecule has 0 amide bonds. The molecule has 0 fully saturated rings. The summed E-state index contributed by atoms with van der Waals surface area (Å²) in [5.41, 5.74) is 6.80. The number of aryl methyl sites for hydroxylation is 2. The Morgan fingerprint density at radius 3 is 1.85 bits per heavy atom. The van der Waals surface area contributed by atoms with Crippen molar-refractivity contribution in [2.24, 2.45) is 9.98 Å². The van der Waals surface area contributed by atoms with E-state index in [2.05, 4.69) is 76.2 Å². The van der Waals surface area contributed by atoms with E-state index in [-0.39, 0.29) is 20.4 Å². The SMILES string of the molecule is CCCCC(=N\c1cccc(CC)c1)/C(C)=N/c1cccc(CC)c1.[Pd]. The third-order valence-corrected chi connectivity index (χ3v) is 4.38. The summed E-state index contributed by atoms with van der Waals surface area (Å²) in [5.74, 6) is 0. The van der Waals surface area contributed by atoms with Gasteiger partial charge in [0, 0.05) is 20.4 Å². The molecular formula is C23H30N2Pd. The number of nitrogens with zero attached hydrogens (tertiary/aromatic N) is 2. The van der Waals surface area contributed by atoms with Crippen LogP contribution in [0, 0.1) is 0 Å². The number of hydrogen-bond acceptors (Lipinski definition) is 2. The van der Waals surface area contributed by atoms with E-state index in [4.69, 9.17) is 9.98 Å². The molecular weight excluding hydrogens is 411 g/mol. The first-order valence-electron chi connectivity index (χ1n) is 9.47. The first-order chi connectivity index (χ1) is 12.2. The Hall–Kier alpha value is -1.56. The van der Waals surface area contributed by atoms with E-state index >= 15 is 0 Å². The van der Waals surface area contributed by atoms with Crippen molar-refractivity contribution in [1.82, 2.24) is 0 Å². The molecule has 2 aromatic carbocycles.